The second-order valence-corrected chi connectivity index (χ2v) is 6.61. The summed E-state index contributed by atoms with van der Waals surface area (Å²) in [6.45, 7) is 2.24. The fourth-order valence-electron chi connectivity index (χ4n) is 4.01. The maximum absolute atomic E-state index is 11.3. The van der Waals surface area contributed by atoms with E-state index in [4.69, 9.17) is 4.52 Å². The summed E-state index contributed by atoms with van der Waals surface area (Å²) in [7, 11) is 0. The summed E-state index contributed by atoms with van der Waals surface area (Å²) < 4.78 is 5.43. The van der Waals surface area contributed by atoms with Gasteiger partial charge in [0.05, 0.1) is 11.8 Å². The molecule has 1 heterocycles. The minimum atomic E-state index is -0.735. The summed E-state index contributed by atoms with van der Waals surface area (Å²) in [5.41, 5.74) is 0. The Kier molecular flexibility index (Phi) is 4.27. The monoisotopic (exact) mass is 292 g/mol. The molecule has 1 N–H and O–H groups in total. The van der Waals surface area contributed by atoms with Crippen LogP contribution in [0.2, 0.25) is 0 Å². The maximum atomic E-state index is 11.3. The molecule has 116 valence electrons. The number of hydrogen-bond donors (Lipinski definition) is 1. The van der Waals surface area contributed by atoms with Gasteiger partial charge in [-0.05, 0) is 31.6 Å². The first-order valence-electron chi connectivity index (χ1n) is 8.25. The summed E-state index contributed by atoms with van der Waals surface area (Å²) in [6, 6.07) is 0. The van der Waals surface area contributed by atoms with Crippen LogP contribution in [0.1, 0.15) is 81.8 Å². The quantitative estimate of drug-likeness (QED) is 0.915. The second-order valence-electron chi connectivity index (χ2n) is 6.61. The number of aliphatic carboxylic acids is 1. The summed E-state index contributed by atoms with van der Waals surface area (Å²) in [4.78, 5) is 15.9. The number of hydrogen-bond acceptors (Lipinski definition) is 4. The zero-order valence-corrected chi connectivity index (χ0v) is 12.6. The molecule has 0 bridgehead atoms. The number of carbonyl (C=O) groups is 1. The van der Waals surface area contributed by atoms with Crippen molar-refractivity contribution in [2.24, 2.45) is 11.8 Å². The van der Waals surface area contributed by atoms with Crippen molar-refractivity contribution in [3.63, 3.8) is 0 Å². The van der Waals surface area contributed by atoms with Crippen LogP contribution in [0.25, 0.3) is 0 Å². The SMILES string of the molecule is CCC1CCCC(c2noc(C3CCCC3C(=O)O)n2)C1. The molecule has 2 aliphatic rings. The zero-order chi connectivity index (χ0) is 14.8. The third kappa shape index (κ3) is 2.97. The van der Waals surface area contributed by atoms with Crippen molar-refractivity contribution in [3.8, 4) is 0 Å². The smallest absolute Gasteiger partial charge is 0.307 e. The summed E-state index contributed by atoms with van der Waals surface area (Å²) in [6.07, 6.45) is 8.52. The molecule has 2 aliphatic carbocycles. The minimum Gasteiger partial charge on any atom is -0.481 e. The average Bonchev–Trinajstić information content (AvgIpc) is 3.15. The van der Waals surface area contributed by atoms with Crippen LogP contribution in [0, 0.1) is 11.8 Å². The molecule has 0 radical (unpaired) electrons. The molecule has 0 spiro atoms. The van der Waals surface area contributed by atoms with Crippen LogP contribution in [-0.2, 0) is 4.79 Å². The number of carboxylic acid groups (broad SMARTS) is 1. The number of rotatable bonds is 4. The van der Waals surface area contributed by atoms with Crippen LogP contribution in [0.4, 0.5) is 0 Å². The summed E-state index contributed by atoms with van der Waals surface area (Å²) in [5.74, 6) is 1.34. The molecular weight excluding hydrogens is 268 g/mol. The van der Waals surface area contributed by atoms with E-state index in [1.165, 1.54) is 19.3 Å². The lowest BCUT2D eigenvalue weighted by Gasteiger charge is -2.26. The molecule has 0 aliphatic heterocycles. The van der Waals surface area contributed by atoms with Crippen LogP contribution in [-0.4, -0.2) is 21.2 Å². The molecule has 21 heavy (non-hydrogen) atoms. The van der Waals surface area contributed by atoms with Gasteiger partial charge in [0.2, 0.25) is 5.89 Å². The first kappa shape index (κ1) is 14.5. The van der Waals surface area contributed by atoms with Gasteiger partial charge in [0.25, 0.3) is 0 Å². The van der Waals surface area contributed by atoms with Crippen molar-refractivity contribution < 1.29 is 14.4 Å². The Morgan fingerprint density at radius 1 is 1.29 bits per heavy atom. The van der Waals surface area contributed by atoms with Crippen molar-refractivity contribution in [1.29, 1.82) is 0 Å². The van der Waals surface area contributed by atoms with Crippen molar-refractivity contribution in [2.75, 3.05) is 0 Å². The van der Waals surface area contributed by atoms with E-state index in [1.807, 2.05) is 0 Å². The van der Waals surface area contributed by atoms with E-state index in [9.17, 15) is 9.90 Å². The molecule has 1 aromatic heterocycles. The molecule has 3 rings (SSSR count). The van der Waals surface area contributed by atoms with Gasteiger partial charge in [-0.1, -0.05) is 37.8 Å². The fourth-order valence-corrected chi connectivity index (χ4v) is 4.01. The molecule has 2 fully saturated rings. The topological polar surface area (TPSA) is 76.2 Å². The van der Waals surface area contributed by atoms with Crippen molar-refractivity contribution in [3.05, 3.63) is 11.7 Å². The van der Waals surface area contributed by atoms with E-state index in [0.29, 0.717) is 11.8 Å². The Morgan fingerprint density at radius 2 is 2.10 bits per heavy atom. The fraction of sp³-hybridized carbons (Fsp3) is 0.812. The standard InChI is InChI=1S/C16H24N2O3/c1-2-10-5-3-6-11(9-10)14-17-15(21-18-14)12-7-4-8-13(12)16(19)20/h10-13H,2-9H2,1H3,(H,19,20). The van der Waals surface area contributed by atoms with Gasteiger partial charge >= 0.3 is 5.97 Å². The predicted octanol–water partition coefficient (Wildman–Crippen LogP) is 3.72. The van der Waals surface area contributed by atoms with Crippen molar-refractivity contribution in [2.45, 2.75) is 70.1 Å². The largest absolute Gasteiger partial charge is 0.481 e. The third-order valence-corrected chi connectivity index (χ3v) is 5.33. The lowest BCUT2D eigenvalue weighted by molar-refractivity contribution is -0.142. The predicted molar refractivity (Wildman–Crippen MR) is 77.0 cm³/mol. The van der Waals surface area contributed by atoms with Crippen LogP contribution in [0.15, 0.2) is 4.52 Å². The Balaban J connectivity index is 1.72. The normalized spacial score (nSPS) is 33.2. The summed E-state index contributed by atoms with van der Waals surface area (Å²) >= 11 is 0. The highest BCUT2D eigenvalue weighted by molar-refractivity contribution is 5.71. The highest BCUT2D eigenvalue weighted by Crippen LogP contribution is 2.41. The van der Waals surface area contributed by atoms with Gasteiger partial charge in [0.1, 0.15) is 0 Å². The Labute approximate surface area is 125 Å². The lowest BCUT2D eigenvalue weighted by atomic mass is 9.80. The second kappa shape index (κ2) is 6.16. The van der Waals surface area contributed by atoms with Gasteiger partial charge < -0.3 is 9.63 Å². The van der Waals surface area contributed by atoms with E-state index in [0.717, 1.165) is 43.8 Å². The molecule has 4 unspecified atom stereocenters. The maximum Gasteiger partial charge on any atom is 0.307 e. The van der Waals surface area contributed by atoms with E-state index >= 15 is 0 Å². The minimum absolute atomic E-state index is 0.0886. The molecule has 0 amide bonds. The number of carboxylic acids is 1. The molecule has 0 saturated heterocycles. The van der Waals surface area contributed by atoms with E-state index in [-0.39, 0.29) is 11.8 Å². The Bertz CT molecular complexity index is 499. The first-order chi connectivity index (χ1) is 10.2. The zero-order valence-electron chi connectivity index (χ0n) is 12.6. The first-order valence-corrected chi connectivity index (χ1v) is 8.25. The van der Waals surface area contributed by atoms with Gasteiger partial charge in [0.15, 0.2) is 5.82 Å². The van der Waals surface area contributed by atoms with Crippen LogP contribution in [0.5, 0.6) is 0 Å². The van der Waals surface area contributed by atoms with Crippen LogP contribution < -0.4 is 0 Å². The Hall–Kier alpha value is -1.39. The molecule has 0 aromatic carbocycles. The molecule has 2 saturated carbocycles. The molecular formula is C16H24N2O3. The molecule has 1 aromatic rings. The number of aromatic nitrogens is 2. The van der Waals surface area contributed by atoms with Crippen molar-refractivity contribution >= 4 is 5.97 Å². The average molecular weight is 292 g/mol. The van der Waals surface area contributed by atoms with Gasteiger partial charge in [-0.15, -0.1) is 0 Å². The van der Waals surface area contributed by atoms with Gasteiger partial charge in [0, 0.05) is 5.92 Å². The van der Waals surface area contributed by atoms with Crippen molar-refractivity contribution in [1.82, 2.24) is 10.1 Å². The Morgan fingerprint density at radius 3 is 2.86 bits per heavy atom. The van der Waals surface area contributed by atoms with E-state index in [1.54, 1.807) is 0 Å². The van der Waals surface area contributed by atoms with Gasteiger partial charge in [-0.25, -0.2) is 0 Å². The van der Waals surface area contributed by atoms with E-state index < -0.39 is 5.97 Å². The highest BCUT2D eigenvalue weighted by Gasteiger charge is 2.38. The molecule has 5 heteroatoms. The van der Waals surface area contributed by atoms with Gasteiger partial charge in [-0.2, -0.15) is 4.98 Å². The lowest BCUT2D eigenvalue weighted by Crippen LogP contribution is -2.17. The highest BCUT2D eigenvalue weighted by atomic mass is 16.5. The van der Waals surface area contributed by atoms with Gasteiger partial charge in [-0.3, -0.25) is 4.79 Å². The van der Waals surface area contributed by atoms with Crippen LogP contribution in [0.3, 0.4) is 0 Å². The number of nitrogens with zero attached hydrogens (tertiary/aromatic N) is 2. The third-order valence-electron chi connectivity index (χ3n) is 5.33. The van der Waals surface area contributed by atoms with E-state index in [2.05, 4.69) is 17.1 Å². The molecule has 4 atom stereocenters. The molecule has 5 nitrogen and oxygen atoms in total. The van der Waals surface area contributed by atoms with Crippen LogP contribution >= 0.6 is 0 Å². The summed E-state index contributed by atoms with van der Waals surface area (Å²) in [5, 5.41) is 13.4.